The summed E-state index contributed by atoms with van der Waals surface area (Å²) in [6, 6.07) is -1.12. The lowest BCUT2D eigenvalue weighted by Crippen LogP contribution is -2.38. The second-order valence-corrected chi connectivity index (χ2v) is 5.05. The van der Waals surface area contributed by atoms with Crippen LogP contribution >= 0.6 is 0 Å². The second-order valence-electron chi connectivity index (χ2n) is 5.05. The molecule has 14 heteroatoms. The molecule has 0 amide bonds. The summed E-state index contributed by atoms with van der Waals surface area (Å²) in [5, 5.41) is 32.3. The summed E-state index contributed by atoms with van der Waals surface area (Å²) in [6.07, 6.45) is 1.75. The van der Waals surface area contributed by atoms with Crippen LogP contribution in [0.1, 0.15) is 25.7 Å². The highest BCUT2D eigenvalue weighted by Crippen LogP contribution is 2.02. The Hall–Kier alpha value is -1.46. The van der Waals surface area contributed by atoms with E-state index in [2.05, 4.69) is 9.68 Å². The number of ether oxygens (including phenoxy) is 3. The number of nitrogens with zero attached hydrogens (tertiary/aromatic N) is 2. The fourth-order valence-corrected chi connectivity index (χ4v) is 1.61. The molecule has 0 bridgehead atoms. The van der Waals surface area contributed by atoms with Crippen molar-refractivity contribution in [2.45, 2.75) is 31.7 Å². The first kappa shape index (κ1) is 25.5. The van der Waals surface area contributed by atoms with Gasteiger partial charge in [0, 0.05) is 6.42 Å². The predicted octanol–water partition coefficient (Wildman–Crippen LogP) is -0.999. The number of rotatable bonds is 17. The molecule has 160 valence electrons. The molecule has 0 aromatic heterocycles. The van der Waals surface area contributed by atoms with E-state index in [1.54, 1.807) is 0 Å². The molecule has 0 fully saturated rings. The molecule has 6 N–H and O–H groups in total. The summed E-state index contributed by atoms with van der Waals surface area (Å²) in [5.41, 5.74) is 5.54. The van der Waals surface area contributed by atoms with Crippen LogP contribution in [-0.2, 0) is 33.5 Å². The molecule has 0 heterocycles. The summed E-state index contributed by atoms with van der Waals surface area (Å²) >= 11 is 0. The van der Waals surface area contributed by atoms with Crippen molar-refractivity contribution < 1.29 is 54.3 Å². The van der Waals surface area contributed by atoms with Crippen LogP contribution in [0.3, 0.4) is 0 Å². The lowest BCUT2D eigenvalue weighted by atomic mass is 10.2. The fourth-order valence-electron chi connectivity index (χ4n) is 1.61. The maximum absolute atomic E-state index is 11.6. The molecule has 1 unspecified atom stereocenters. The van der Waals surface area contributed by atoms with Gasteiger partial charge in [0.15, 0.2) is 0 Å². The van der Waals surface area contributed by atoms with E-state index in [0.717, 1.165) is 0 Å². The zero-order valence-corrected chi connectivity index (χ0v) is 14.8. The van der Waals surface area contributed by atoms with Crippen molar-refractivity contribution >= 4 is 11.9 Å². The van der Waals surface area contributed by atoms with Gasteiger partial charge in [0.2, 0.25) is 0 Å². The molecular formula is C13H27N3O11. The van der Waals surface area contributed by atoms with E-state index in [-0.39, 0.29) is 51.5 Å². The number of carbonyl (C=O) groups excluding carboxylic acids is 2. The van der Waals surface area contributed by atoms with E-state index >= 15 is 0 Å². The van der Waals surface area contributed by atoms with Gasteiger partial charge in [-0.2, -0.15) is 0 Å². The molecule has 0 rings (SSSR count). The van der Waals surface area contributed by atoms with Crippen LogP contribution in [0.25, 0.3) is 0 Å². The van der Waals surface area contributed by atoms with Crippen molar-refractivity contribution in [3.63, 3.8) is 0 Å². The van der Waals surface area contributed by atoms with Gasteiger partial charge < -0.3 is 19.9 Å². The molecule has 0 aliphatic rings. The molecule has 1 atom stereocenters. The fraction of sp³-hybridized carbons (Fsp3) is 0.846. The highest BCUT2D eigenvalue weighted by Gasteiger charge is 2.17. The number of nitrogens with two attached hydrogens (primary N) is 1. The first-order valence-electron chi connectivity index (χ1n) is 8.10. The smallest absolute Gasteiger partial charge is 0.326 e. The van der Waals surface area contributed by atoms with E-state index in [9.17, 15) is 9.59 Å². The average molecular weight is 401 g/mol. The van der Waals surface area contributed by atoms with Crippen molar-refractivity contribution in [3.05, 3.63) is 0 Å². The van der Waals surface area contributed by atoms with Crippen molar-refractivity contribution in [1.29, 1.82) is 0 Å². The largest absolute Gasteiger partial charge is 0.463 e. The lowest BCUT2D eigenvalue weighted by molar-refractivity contribution is -0.493. The van der Waals surface area contributed by atoms with Crippen LogP contribution in [0.2, 0.25) is 0 Å². The Bertz CT molecular complexity index is 398. The molecule has 0 aromatic rings. The number of hydrogen-bond donors (Lipinski definition) is 5. The molecule has 0 saturated carbocycles. The zero-order valence-electron chi connectivity index (χ0n) is 14.8. The summed E-state index contributed by atoms with van der Waals surface area (Å²) in [7, 11) is 0. The van der Waals surface area contributed by atoms with Crippen LogP contribution < -0.4 is 5.73 Å². The van der Waals surface area contributed by atoms with Gasteiger partial charge >= 0.3 is 11.9 Å². The molecule has 0 spiro atoms. The van der Waals surface area contributed by atoms with Gasteiger partial charge in [-0.1, -0.05) is 6.42 Å². The minimum atomic E-state index is -1.12. The summed E-state index contributed by atoms with van der Waals surface area (Å²) in [4.78, 5) is 31.7. The highest BCUT2D eigenvalue weighted by molar-refractivity contribution is 5.76. The Morgan fingerprint density at radius 1 is 0.815 bits per heavy atom. The maximum atomic E-state index is 11.6. The maximum Gasteiger partial charge on any atom is 0.326 e. The van der Waals surface area contributed by atoms with Crippen LogP contribution in [0.4, 0.5) is 0 Å². The van der Waals surface area contributed by atoms with E-state index in [4.69, 9.17) is 40.8 Å². The monoisotopic (exact) mass is 401 g/mol. The normalized spacial score (nSPS) is 12.4. The molecule has 0 aliphatic heterocycles. The molecule has 0 radical (unpaired) electrons. The Morgan fingerprint density at radius 3 is 2.11 bits per heavy atom. The Labute approximate surface area is 155 Å². The van der Waals surface area contributed by atoms with Gasteiger partial charge in [-0.3, -0.25) is 35.3 Å². The van der Waals surface area contributed by atoms with Crippen LogP contribution in [0, 0.1) is 0 Å². The number of hydrogen-bond acceptors (Lipinski definition) is 14. The first-order chi connectivity index (χ1) is 12.8. The summed E-state index contributed by atoms with van der Waals surface area (Å²) in [6.45, 7) is -0.316. The van der Waals surface area contributed by atoms with Gasteiger partial charge in [0.05, 0.1) is 37.2 Å². The van der Waals surface area contributed by atoms with E-state index in [0.29, 0.717) is 19.3 Å². The second kappa shape index (κ2) is 16.7. The average Bonchev–Trinajstić information content (AvgIpc) is 2.60. The third-order valence-corrected chi connectivity index (χ3v) is 2.87. The lowest BCUT2D eigenvalue weighted by Gasteiger charge is -2.12. The van der Waals surface area contributed by atoms with E-state index in [1.165, 1.54) is 0 Å². The third kappa shape index (κ3) is 17.7. The molecule has 27 heavy (non-hydrogen) atoms. The van der Waals surface area contributed by atoms with Gasteiger partial charge in [0.25, 0.3) is 0 Å². The zero-order chi connectivity index (χ0) is 20.5. The minimum absolute atomic E-state index is 0.0449. The Morgan fingerprint density at radius 2 is 1.44 bits per heavy atom. The number of esters is 2. The van der Waals surface area contributed by atoms with Gasteiger partial charge in [-0.25, -0.2) is 4.84 Å². The summed E-state index contributed by atoms with van der Waals surface area (Å²) in [5.74, 6) is -1.27. The van der Waals surface area contributed by atoms with Crippen molar-refractivity contribution in [3.8, 4) is 0 Å². The molecule has 14 nitrogen and oxygen atoms in total. The van der Waals surface area contributed by atoms with Crippen LogP contribution in [0.5, 0.6) is 0 Å². The van der Waals surface area contributed by atoms with Gasteiger partial charge in [0.1, 0.15) is 19.3 Å². The minimum Gasteiger partial charge on any atom is -0.463 e. The first-order valence-corrected chi connectivity index (χ1v) is 8.10. The van der Waals surface area contributed by atoms with Crippen molar-refractivity contribution in [1.82, 2.24) is 10.8 Å². The predicted molar refractivity (Wildman–Crippen MR) is 81.9 cm³/mol. The number of carbonyl (C=O) groups is 2. The topological polar surface area (TPSA) is 194 Å². The molecule has 0 aliphatic carbocycles. The third-order valence-electron chi connectivity index (χ3n) is 2.87. The van der Waals surface area contributed by atoms with E-state index in [1.807, 2.05) is 0 Å². The standard InChI is InChI=1S/C13H27N3O11/c14-11(13(18)24-8-6-23-7-9-27-16(21)22)10-25-12(17)4-2-1-3-5-26-15(19)20/h11,19-22H,1-10,14H2. The Kier molecular flexibility index (Phi) is 15.8. The number of unbranched alkanes of at least 4 members (excludes halogenated alkanes) is 2. The molecule has 0 saturated heterocycles. The van der Waals surface area contributed by atoms with Crippen LogP contribution in [-0.4, -0.2) is 89.2 Å². The van der Waals surface area contributed by atoms with Crippen molar-refractivity contribution in [2.24, 2.45) is 5.73 Å². The summed E-state index contributed by atoms with van der Waals surface area (Å²) < 4.78 is 14.7. The Balaban J connectivity index is 3.57. The van der Waals surface area contributed by atoms with Gasteiger partial charge in [-0.15, -0.1) is 0 Å². The molecular weight excluding hydrogens is 374 g/mol. The SMILES string of the molecule is NC(COC(=O)CCCCCON(O)O)C(=O)OCCOCCON(O)O. The van der Waals surface area contributed by atoms with Crippen LogP contribution in [0.15, 0.2) is 0 Å². The van der Waals surface area contributed by atoms with Gasteiger partial charge in [-0.05, 0) is 12.8 Å². The molecule has 0 aromatic carbocycles. The highest BCUT2D eigenvalue weighted by atomic mass is 17.1. The quantitative estimate of drug-likeness (QED) is 0.113. The van der Waals surface area contributed by atoms with E-state index < -0.39 is 23.4 Å². The van der Waals surface area contributed by atoms with Crippen molar-refractivity contribution in [2.75, 3.05) is 39.6 Å².